The fraction of sp³-hybridized carbons (Fsp3) is 0.212. The number of carbonyl (C=O) groups excluding carboxylic acids is 1. The molecule has 4 aromatic rings. The Kier molecular flexibility index (Phi) is 5.44. The van der Waals surface area contributed by atoms with E-state index in [0.717, 1.165) is 51.2 Å². The Morgan fingerprint density at radius 1 is 1.00 bits per heavy atom. The van der Waals surface area contributed by atoms with Crippen LogP contribution in [-0.2, 0) is 16.9 Å². The third kappa shape index (κ3) is 4.13. The van der Waals surface area contributed by atoms with Crippen LogP contribution >= 0.6 is 0 Å². The van der Waals surface area contributed by atoms with Gasteiger partial charge in [-0.1, -0.05) is 67.8 Å². The molecule has 7 rings (SSSR count). The number of hydrogen-bond acceptors (Lipinski definition) is 5. The minimum absolute atomic E-state index is 0.121. The third-order valence-corrected chi connectivity index (χ3v) is 8.08. The van der Waals surface area contributed by atoms with E-state index < -0.39 is 5.54 Å². The lowest BCUT2D eigenvalue weighted by Gasteiger charge is -2.33. The van der Waals surface area contributed by atoms with Crippen molar-refractivity contribution < 1.29 is 9.53 Å². The lowest BCUT2D eigenvalue weighted by atomic mass is 9.87. The van der Waals surface area contributed by atoms with Gasteiger partial charge in [-0.05, 0) is 53.6 Å². The zero-order valence-electron chi connectivity index (χ0n) is 21.7. The van der Waals surface area contributed by atoms with E-state index in [2.05, 4.69) is 76.1 Å². The summed E-state index contributed by atoms with van der Waals surface area (Å²) in [4.78, 5) is 20.3. The number of ether oxygens (including phenoxy) is 1. The molecule has 1 saturated carbocycles. The van der Waals surface area contributed by atoms with Crippen molar-refractivity contribution >= 4 is 22.5 Å². The maximum atomic E-state index is 13.5. The highest BCUT2D eigenvalue weighted by Crippen LogP contribution is 2.39. The molecule has 1 saturated heterocycles. The SMILES string of the molecule is C=C1NC(=O)[C@](CN2Cc3ccc(OCC4CC4)cc3C2=C)(c2ccc(-c3cccc4cccnc34)cc2)N1. The molecule has 2 N–H and O–H groups in total. The number of para-hydroxylation sites is 1. The lowest BCUT2D eigenvalue weighted by molar-refractivity contribution is -0.124. The summed E-state index contributed by atoms with van der Waals surface area (Å²) in [7, 11) is 0. The van der Waals surface area contributed by atoms with Crippen LogP contribution in [0.3, 0.4) is 0 Å². The summed E-state index contributed by atoms with van der Waals surface area (Å²) < 4.78 is 6.01. The van der Waals surface area contributed by atoms with Crippen molar-refractivity contribution in [2.45, 2.75) is 24.9 Å². The Labute approximate surface area is 228 Å². The largest absolute Gasteiger partial charge is 0.493 e. The molecule has 0 radical (unpaired) electrons. The van der Waals surface area contributed by atoms with Crippen molar-refractivity contribution in [2.75, 3.05) is 13.2 Å². The predicted molar refractivity (Wildman–Crippen MR) is 153 cm³/mol. The van der Waals surface area contributed by atoms with Gasteiger partial charge in [0.2, 0.25) is 0 Å². The number of carbonyl (C=O) groups is 1. The molecule has 0 spiro atoms. The number of fused-ring (bicyclic) bond motifs is 2. The first kappa shape index (κ1) is 23.5. The minimum atomic E-state index is -0.997. The second-order valence-corrected chi connectivity index (χ2v) is 10.8. The molecule has 0 unspecified atom stereocenters. The van der Waals surface area contributed by atoms with Crippen LogP contribution in [-0.4, -0.2) is 28.9 Å². The molecular weight excluding hydrogens is 484 g/mol. The quantitative estimate of drug-likeness (QED) is 0.338. The summed E-state index contributed by atoms with van der Waals surface area (Å²) in [6.45, 7) is 10.3. The molecule has 6 heteroatoms. The topological polar surface area (TPSA) is 66.5 Å². The Morgan fingerprint density at radius 3 is 2.59 bits per heavy atom. The van der Waals surface area contributed by atoms with Gasteiger partial charge in [-0.2, -0.15) is 0 Å². The van der Waals surface area contributed by atoms with E-state index in [-0.39, 0.29) is 5.91 Å². The van der Waals surface area contributed by atoms with Crippen molar-refractivity contribution in [2.24, 2.45) is 5.92 Å². The standard InChI is InChI=1S/C33H30N4O2/c1-21-30-17-28(39-19-23-8-9-23)15-12-26(30)18-37(21)20-33(32(38)35-22(2)36-33)27-13-10-24(11-14-27)29-7-3-5-25-6-4-16-34-31(25)29/h3-7,10-17,23,36H,1-2,8-9,18-20H2,(H,35,38)/t33-/m0/s1. The number of aromatic nitrogens is 1. The summed E-state index contributed by atoms with van der Waals surface area (Å²) >= 11 is 0. The van der Waals surface area contributed by atoms with Crippen molar-refractivity contribution in [3.63, 3.8) is 0 Å². The predicted octanol–water partition coefficient (Wildman–Crippen LogP) is 5.56. The van der Waals surface area contributed by atoms with E-state index in [1.165, 1.54) is 18.4 Å². The van der Waals surface area contributed by atoms with E-state index >= 15 is 0 Å². The molecule has 194 valence electrons. The summed E-state index contributed by atoms with van der Waals surface area (Å²) in [6, 6.07) is 24.6. The number of amides is 1. The molecule has 1 amide bonds. The summed E-state index contributed by atoms with van der Waals surface area (Å²) in [6.07, 6.45) is 4.33. The number of rotatable bonds is 7. The fourth-order valence-electron chi connectivity index (χ4n) is 5.73. The van der Waals surface area contributed by atoms with Crippen molar-refractivity contribution in [1.29, 1.82) is 0 Å². The number of pyridine rings is 1. The van der Waals surface area contributed by atoms with E-state index in [0.29, 0.717) is 24.8 Å². The average Bonchev–Trinajstić information content (AvgIpc) is 3.68. The van der Waals surface area contributed by atoms with Crippen LogP contribution in [0.25, 0.3) is 27.7 Å². The number of nitrogens with zero attached hydrogens (tertiary/aromatic N) is 2. The monoisotopic (exact) mass is 514 g/mol. The molecule has 6 nitrogen and oxygen atoms in total. The normalized spacial score (nSPS) is 20.2. The molecular formula is C33H30N4O2. The number of hydrogen-bond donors (Lipinski definition) is 2. The van der Waals surface area contributed by atoms with Gasteiger partial charge in [0.25, 0.3) is 5.91 Å². The molecule has 1 aromatic heterocycles. The van der Waals surface area contributed by atoms with Crippen LogP contribution in [0.5, 0.6) is 5.75 Å². The van der Waals surface area contributed by atoms with Gasteiger partial charge in [-0.25, -0.2) is 0 Å². The van der Waals surface area contributed by atoms with Crippen LogP contribution in [0, 0.1) is 5.92 Å². The summed E-state index contributed by atoms with van der Waals surface area (Å²) in [5.41, 5.74) is 6.10. The van der Waals surface area contributed by atoms with Gasteiger partial charge in [0, 0.05) is 35.0 Å². The zero-order chi connectivity index (χ0) is 26.6. The lowest BCUT2D eigenvalue weighted by Crippen LogP contribution is -2.50. The Bertz CT molecular complexity index is 1630. The molecule has 3 heterocycles. The van der Waals surface area contributed by atoms with E-state index in [1.807, 2.05) is 36.5 Å². The first-order valence-corrected chi connectivity index (χ1v) is 13.4. The van der Waals surface area contributed by atoms with Crippen LogP contribution < -0.4 is 15.4 Å². The van der Waals surface area contributed by atoms with Crippen molar-refractivity contribution in [3.05, 3.63) is 115 Å². The highest BCUT2D eigenvalue weighted by molar-refractivity contribution is 5.95. The van der Waals surface area contributed by atoms with Crippen LogP contribution in [0.2, 0.25) is 0 Å². The smallest absolute Gasteiger partial charge is 0.257 e. The van der Waals surface area contributed by atoms with Gasteiger partial charge in [0.15, 0.2) is 5.54 Å². The maximum Gasteiger partial charge on any atom is 0.257 e. The average molecular weight is 515 g/mol. The van der Waals surface area contributed by atoms with E-state index in [4.69, 9.17) is 4.74 Å². The Hall–Kier alpha value is -4.58. The van der Waals surface area contributed by atoms with Crippen LogP contribution in [0.4, 0.5) is 0 Å². The molecule has 3 aliphatic rings. The number of benzene rings is 3. The Morgan fingerprint density at radius 2 is 1.82 bits per heavy atom. The van der Waals surface area contributed by atoms with Crippen molar-refractivity contribution in [1.82, 2.24) is 20.5 Å². The molecule has 2 fully saturated rings. The first-order valence-electron chi connectivity index (χ1n) is 13.4. The van der Waals surface area contributed by atoms with Gasteiger partial charge >= 0.3 is 0 Å². The van der Waals surface area contributed by atoms with Gasteiger partial charge in [0.05, 0.1) is 24.5 Å². The van der Waals surface area contributed by atoms with Gasteiger partial charge in [-0.15, -0.1) is 0 Å². The summed E-state index contributed by atoms with van der Waals surface area (Å²) in [5, 5.41) is 7.37. The van der Waals surface area contributed by atoms with E-state index in [9.17, 15) is 4.79 Å². The first-order chi connectivity index (χ1) is 19.0. The Balaban J connectivity index is 1.18. The molecule has 1 aliphatic carbocycles. The highest BCUT2D eigenvalue weighted by Gasteiger charge is 2.47. The summed E-state index contributed by atoms with van der Waals surface area (Å²) in [5.74, 6) is 1.95. The van der Waals surface area contributed by atoms with Crippen LogP contribution in [0.15, 0.2) is 98.0 Å². The second-order valence-electron chi connectivity index (χ2n) is 10.8. The van der Waals surface area contributed by atoms with Gasteiger partial charge in [0.1, 0.15) is 5.75 Å². The fourth-order valence-corrected chi connectivity index (χ4v) is 5.73. The zero-order valence-corrected chi connectivity index (χ0v) is 21.7. The second kappa shape index (κ2) is 9.02. The third-order valence-electron chi connectivity index (χ3n) is 8.08. The molecule has 39 heavy (non-hydrogen) atoms. The van der Waals surface area contributed by atoms with Gasteiger partial charge in [-0.3, -0.25) is 9.78 Å². The maximum absolute atomic E-state index is 13.5. The molecule has 2 aliphatic heterocycles. The van der Waals surface area contributed by atoms with E-state index in [1.54, 1.807) is 0 Å². The van der Waals surface area contributed by atoms with Gasteiger partial charge < -0.3 is 20.3 Å². The van der Waals surface area contributed by atoms with Crippen LogP contribution in [0.1, 0.15) is 29.5 Å². The molecule has 1 atom stereocenters. The minimum Gasteiger partial charge on any atom is -0.493 e. The molecule has 3 aromatic carbocycles. The number of nitrogens with one attached hydrogen (secondary N) is 2. The van der Waals surface area contributed by atoms with Crippen molar-refractivity contribution in [3.8, 4) is 16.9 Å². The highest BCUT2D eigenvalue weighted by atomic mass is 16.5. The molecule has 0 bridgehead atoms.